The Labute approximate surface area is 322 Å². The molecular weight excluding hydrogens is 665 g/mol. The lowest BCUT2D eigenvalue weighted by atomic mass is 9.81. The molecule has 3 aliphatic carbocycles. The fourth-order valence-corrected chi connectivity index (χ4v) is 9.93. The predicted molar refractivity (Wildman–Crippen MR) is 235 cm³/mol. The number of rotatable bonds is 5. The first-order valence-corrected chi connectivity index (χ1v) is 19.9. The van der Waals surface area contributed by atoms with E-state index < -0.39 is 0 Å². The summed E-state index contributed by atoms with van der Waals surface area (Å²) in [7, 11) is 0. The maximum absolute atomic E-state index is 5.45. The van der Waals surface area contributed by atoms with Crippen molar-refractivity contribution < 1.29 is 0 Å². The van der Waals surface area contributed by atoms with Crippen LogP contribution in [0.15, 0.2) is 174 Å². The Kier molecular flexibility index (Phi) is 7.26. The summed E-state index contributed by atoms with van der Waals surface area (Å²) in [6.45, 7) is 5.43. The van der Waals surface area contributed by atoms with Gasteiger partial charge in [0.1, 0.15) is 0 Å². The molecule has 0 saturated heterocycles. The van der Waals surface area contributed by atoms with Gasteiger partial charge in [0.15, 0.2) is 0 Å². The largest absolute Gasteiger partial charge is 0.312 e. The van der Waals surface area contributed by atoms with Crippen molar-refractivity contribution in [3.8, 4) is 11.1 Å². The van der Waals surface area contributed by atoms with E-state index in [1.165, 1.54) is 98.8 Å². The van der Waals surface area contributed by atoms with Crippen LogP contribution in [0, 0.1) is 0 Å². The highest BCUT2D eigenvalue weighted by Gasteiger charge is 2.35. The minimum absolute atomic E-state index is 0.0661. The first-order chi connectivity index (χ1) is 27.1. The number of benzene rings is 7. The standard InChI is InChI=1S/C53H42N2/c1-53(2)46-23-13-12-20-42(46)43-30-26-37(32-47(43)53)51(54-33-34-14-4-3-5-15-34)36-24-28-38(29-25-36)55-48-31-27-35-16-6-7-17-39(35)49(48)50-44-21-10-8-18-40(44)41-19-9-11-22-45(41)52(50)55/h4,6-24,26-28,30-32H,3,5,25,29,33H2,1-2H3. The van der Waals surface area contributed by atoms with Gasteiger partial charge in [0, 0.05) is 32.8 Å². The molecule has 264 valence electrons. The lowest BCUT2D eigenvalue weighted by molar-refractivity contribution is 0.660. The summed E-state index contributed by atoms with van der Waals surface area (Å²) in [6, 6.07) is 47.5. The second kappa shape index (κ2) is 12.4. The van der Waals surface area contributed by atoms with Gasteiger partial charge in [0.25, 0.3) is 0 Å². The van der Waals surface area contributed by atoms with E-state index in [-0.39, 0.29) is 5.41 Å². The van der Waals surface area contributed by atoms with Gasteiger partial charge in [-0.2, -0.15) is 0 Å². The number of aromatic nitrogens is 1. The Hall–Kier alpha value is -6.25. The van der Waals surface area contributed by atoms with E-state index in [0.29, 0.717) is 6.54 Å². The first-order valence-electron chi connectivity index (χ1n) is 19.9. The third-order valence-electron chi connectivity index (χ3n) is 12.6. The van der Waals surface area contributed by atoms with Crippen molar-refractivity contribution in [2.24, 2.45) is 4.99 Å². The number of hydrogen-bond donors (Lipinski definition) is 0. The molecule has 0 aliphatic heterocycles. The Morgan fingerprint density at radius 3 is 2.16 bits per heavy atom. The smallest absolute Gasteiger partial charge is 0.0682 e. The molecule has 0 spiro atoms. The Bertz CT molecular complexity index is 3080. The second-order valence-electron chi connectivity index (χ2n) is 16.0. The summed E-state index contributed by atoms with van der Waals surface area (Å²) in [6.07, 6.45) is 15.7. The highest BCUT2D eigenvalue weighted by molar-refractivity contribution is 6.36. The molecule has 8 aromatic rings. The monoisotopic (exact) mass is 706 g/mol. The minimum Gasteiger partial charge on any atom is -0.312 e. The fraction of sp³-hybridized carbons (Fsp3) is 0.151. The van der Waals surface area contributed by atoms with Crippen LogP contribution in [0.2, 0.25) is 0 Å². The van der Waals surface area contributed by atoms with Crippen LogP contribution in [0.3, 0.4) is 0 Å². The normalized spacial score (nSPS) is 16.5. The SMILES string of the molecule is CC1(C)c2ccccc2-c2ccc(C(=NCC3=CCCC=C3)C3=CC=C(n4c5ccc6ccccc6c5c5c6ccccc6c6ccccc6c54)CC3)cc21. The first kappa shape index (κ1) is 32.2. The number of allylic oxidation sites excluding steroid dienone is 6. The molecule has 2 heteroatoms. The van der Waals surface area contributed by atoms with Crippen LogP contribution in [-0.4, -0.2) is 16.8 Å². The summed E-state index contributed by atoms with van der Waals surface area (Å²) in [5, 5.41) is 10.5. The average Bonchev–Trinajstić information content (AvgIpc) is 3.71. The summed E-state index contributed by atoms with van der Waals surface area (Å²) in [5.74, 6) is 0. The van der Waals surface area contributed by atoms with E-state index >= 15 is 0 Å². The molecule has 0 saturated carbocycles. The lowest BCUT2D eigenvalue weighted by Gasteiger charge is -2.23. The van der Waals surface area contributed by atoms with Crippen LogP contribution in [0.5, 0.6) is 0 Å². The van der Waals surface area contributed by atoms with Gasteiger partial charge in [-0.1, -0.05) is 153 Å². The molecule has 0 bridgehead atoms. The van der Waals surface area contributed by atoms with Crippen LogP contribution >= 0.6 is 0 Å². The van der Waals surface area contributed by atoms with Gasteiger partial charge in [0.05, 0.1) is 23.3 Å². The topological polar surface area (TPSA) is 17.3 Å². The van der Waals surface area contributed by atoms with Crippen LogP contribution in [0.1, 0.15) is 56.2 Å². The summed E-state index contributed by atoms with van der Waals surface area (Å²) in [4.78, 5) is 5.45. The van der Waals surface area contributed by atoms with E-state index in [0.717, 1.165) is 31.4 Å². The van der Waals surface area contributed by atoms with Gasteiger partial charge in [-0.25, -0.2) is 0 Å². The molecule has 1 heterocycles. The Morgan fingerprint density at radius 1 is 0.636 bits per heavy atom. The number of aliphatic imine (C=N–C) groups is 1. The molecule has 0 N–H and O–H groups in total. The second-order valence-corrected chi connectivity index (χ2v) is 16.0. The third-order valence-corrected chi connectivity index (χ3v) is 12.6. The van der Waals surface area contributed by atoms with Crippen LogP contribution in [0.4, 0.5) is 0 Å². The molecule has 11 rings (SSSR count). The number of nitrogens with zero attached hydrogens (tertiary/aromatic N) is 2. The minimum atomic E-state index is -0.0661. The number of hydrogen-bond acceptors (Lipinski definition) is 1. The maximum Gasteiger partial charge on any atom is 0.0682 e. The van der Waals surface area contributed by atoms with Crippen LogP contribution in [0.25, 0.3) is 70.9 Å². The Balaban J connectivity index is 1.11. The van der Waals surface area contributed by atoms with Gasteiger partial charge in [-0.3, -0.25) is 4.99 Å². The van der Waals surface area contributed by atoms with Crippen molar-refractivity contribution >= 4 is 65.5 Å². The van der Waals surface area contributed by atoms with Crippen molar-refractivity contribution in [1.82, 2.24) is 4.57 Å². The summed E-state index contributed by atoms with van der Waals surface area (Å²) in [5.41, 5.74) is 14.3. The zero-order chi connectivity index (χ0) is 36.7. The van der Waals surface area contributed by atoms with Gasteiger partial charge in [-0.15, -0.1) is 0 Å². The van der Waals surface area contributed by atoms with Crippen molar-refractivity contribution in [1.29, 1.82) is 0 Å². The van der Waals surface area contributed by atoms with Crippen molar-refractivity contribution in [2.45, 2.75) is 44.9 Å². The van der Waals surface area contributed by atoms with E-state index in [1.807, 2.05) is 0 Å². The molecule has 0 radical (unpaired) electrons. The lowest BCUT2D eigenvalue weighted by Crippen LogP contribution is -2.16. The van der Waals surface area contributed by atoms with Crippen LogP contribution < -0.4 is 0 Å². The van der Waals surface area contributed by atoms with Gasteiger partial charge >= 0.3 is 0 Å². The van der Waals surface area contributed by atoms with Crippen molar-refractivity contribution in [3.63, 3.8) is 0 Å². The highest BCUT2D eigenvalue weighted by atomic mass is 15.0. The van der Waals surface area contributed by atoms with E-state index in [4.69, 9.17) is 4.99 Å². The number of fused-ring (bicyclic) bond motifs is 13. The Morgan fingerprint density at radius 2 is 1.36 bits per heavy atom. The van der Waals surface area contributed by atoms with Crippen LogP contribution in [-0.2, 0) is 5.41 Å². The third kappa shape index (κ3) is 4.90. The zero-order valence-electron chi connectivity index (χ0n) is 31.4. The van der Waals surface area contributed by atoms with Crippen molar-refractivity contribution in [2.75, 3.05) is 6.54 Å². The molecular formula is C53H42N2. The molecule has 2 nitrogen and oxygen atoms in total. The molecule has 7 aromatic carbocycles. The summed E-state index contributed by atoms with van der Waals surface area (Å²) < 4.78 is 2.59. The molecule has 55 heavy (non-hydrogen) atoms. The average molecular weight is 707 g/mol. The van der Waals surface area contributed by atoms with E-state index in [1.54, 1.807) is 0 Å². The molecule has 0 fully saturated rings. The molecule has 3 aliphatic rings. The summed E-state index contributed by atoms with van der Waals surface area (Å²) >= 11 is 0. The maximum atomic E-state index is 5.45. The van der Waals surface area contributed by atoms with E-state index in [9.17, 15) is 0 Å². The van der Waals surface area contributed by atoms with Gasteiger partial charge < -0.3 is 4.57 Å². The van der Waals surface area contributed by atoms with Gasteiger partial charge in [-0.05, 0) is 104 Å². The molecule has 1 aromatic heterocycles. The van der Waals surface area contributed by atoms with E-state index in [2.05, 4.69) is 176 Å². The molecule has 0 atom stereocenters. The quantitative estimate of drug-likeness (QED) is 0.125. The van der Waals surface area contributed by atoms with Gasteiger partial charge in [0.2, 0.25) is 0 Å². The highest BCUT2D eigenvalue weighted by Crippen LogP contribution is 2.49. The van der Waals surface area contributed by atoms with Crippen molar-refractivity contribution in [3.05, 3.63) is 186 Å². The fourth-order valence-electron chi connectivity index (χ4n) is 9.93. The molecule has 0 amide bonds. The zero-order valence-corrected chi connectivity index (χ0v) is 31.4. The predicted octanol–water partition coefficient (Wildman–Crippen LogP) is 13.9. The molecule has 0 unspecified atom stereocenters.